The van der Waals surface area contributed by atoms with E-state index in [1.807, 2.05) is 4.90 Å². The van der Waals surface area contributed by atoms with Crippen LogP contribution >= 0.6 is 0 Å². The second kappa shape index (κ2) is 10.7. The van der Waals surface area contributed by atoms with Crippen molar-refractivity contribution in [3.05, 3.63) is 0 Å². The predicted molar refractivity (Wildman–Crippen MR) is 123 cm³/mol. The maximum absolute atomic E-state index is 13.8. The highest BCUT2D eigenvalue weighted by atomic mass is 19.3. The third kappa shape index (κ3) is 7.32. The van der Waals surface area contributed by atoms with Crippen LogP contribution in [0.25, 0.3) is 0 Å². The second-order valence-electron chi connectivity index (χ2n) is 11.1. The van der Waals surface area contributed by atoms with Gasteiger partial charge in [0.25, 0.3) is 5.92 Å². The van der Waals surface area contributed by atoms with E-state index in [2.05, 4.69) is 49.7 Å². The van der Waals surface area contributed by atoms with Crippen LogP contribution in [-0.4, -0.2) is 103 Å². The van der Waals surface area contributed by atoms with Gasteiger partial charge in [0.1, 0.15) is 0 Å². The Morgan fingerprint density at radius 1 is 1.10 bits per heavy atom. The van der Waals surface area contributed by atoms with Gasteiger partial charge in [-0.3, -0.25) is 14.7 Å². The highest BCUT2D eigenvalue weighted by Gasteiger charge is 2.44. The van der Waals surface area contributed by atoms with Crippen LogP contribution in [0.5, 0.6) is 0 Å². The smallest absolute Gasteiger partial charge is 0.261 e. The molecule has 3 aliphatic rings. The maximum atomic E-state index is 13.8. The number of likely N-dealkylation sites (tertiary alicyclic amines) is 1. The predicted octanol–water partition coefficient (Wildman–Crippen LogP) is 3.44. The molecule has 3 fully saturated rings. The van der Waals surface area contributed by atoms with Crippen LogP contribution in [0.1, 0.15) is 66.7 Å². The van der Waals surface area contributed by atoms with Crippen LogP contribution in [0, 0.1) is 0 Å². The summed E-state index contributed by atoms with van der Waals surface area (Å²) in [6.07, 6.45) is 4.32. The quantitative estimate of drug-likeness (QED) is 0.620. The lowest BCUT2D eigenvalue weighted by Crippen LogP contribution is -2.53. The summed E-state index contributed by atoms with van der Waals surface area (Å²) in [5.74, 6) is -2.54. The molecule has 1 N–H and O–H groups in total. The molecule has 0 aromatic heterocycles. The fourth-order valence-corrected chi connectivity index (χ4v) is 5.52. The third-order valence-electron chi connectivity index (χ3n) is 7.71. The summed E-state index contributed by atoms with van der Waals surface area (Å²) in [6.45, 7) is 17.6. The summed E-state index contributed by atoms with van der Waals surface area (Å²) in [5, 5.41) is 3.70. The summed E-state index contributed by atoms with van der Waals surface area (Å²) in [6, 6.07) is 1.71. The molecular weight excluding hydrogens is 398 g/mol. The largest absolute Gasteiger partial charge is 0.377 e. The Bertz CT molecular complexity index is 560. The standard InChI is InChI=1S/C24H46F2N4O/c1-19(2)28-13-10-27-21(16-28)8-7-20(3)29-11-6-14-31-22(17-29)15-23(4,5)30-12-9-24(25,26)18-30/h19-22,27H,6-18H2,1-5H3. The molecule has 3 heterocycles. The Balaban J connectivity index is 1.49. The van der Waals surface area contributed by atoms with Gasteiger partial charge in [-0.2, -0.15) is 0 Å². The van der Waals surface area contributed by atoms with E-state index in [9.17, 15) is 8.78 Å². The van der Waals surface area contributed by atoms with Gasteiger partial charge < -0.3 is 10.1 Å². The fraction of sp³-hybridized carbons (Fsp3) is 1.00. The van der Waals surface area contributed by atoms with Gasteiger partial charge in [-0.05, 0) is 60.3 Å². The average molecular weight is 445 g/mol. The number of nitrogens with one attached hydrogen (secondary N) is 1. The Morgan fingerprint density at radius 3 is 2.55 bits per heavy atom. The van der Waals surface area contributed by atoms with Crippen LogP contribution in [-0.2, 0) is 4.74 Å². The minimum atomic E-state index is -2.54. The van der Waals surface area contributed by atoms with Gasteiger partial charge in [-0.15, -0.1) is 0 Å². The van der Waals surface area contributed by atoms with E-state index in [0.29, 0.717) is 24.7 Å². The molecule has 31 heavy (non-hydrogen) atoms. The first-order valence-corrected chi connectivity index (χ1v) is 12.5. The van der Waals surface area contributed by atoms with Crippen LogP contribution in [0.4, 0.5) is 8.78 Å². The molecule has 0 bridgehead atoms. The molecule has 3 aliphatic heterocycles. The number of hydrogen-bond donors (Lipinski definition) is 1. The number of ether oxygens (including phenoxy) is 1. The van der Waals surface area contributed by atoms with Gasteiger partial charge in [0.05, 0.1) is 12.6 Å². The van der Waals surface area contributed by atoms with Crippen molar-refractivity contribution in [1.82, 2.24) is 20.0 Å². The molecule has 0 spiro atoms. The normalized spacial score (nSPS) is 30.6. The van der Waals surface area contributed by atoms with E-state index >= 15 is 0 Å². The van der Waals surface area contributed by atoms with Crippen molar-refractivity contribution in [2.45, 2.75) is 102 Å². The van der Waals surface area contributed by atoms with Crippen LogP contribution in [0.3, 0.4) is 0 Å². The number of nitrogens with zero attached hydrogens (tertiary/aromatic N) is 3. The first-order valence-electron chi connectivity index (χ1n) is 12.5. The first-order chi connectivity index (χ1) is 14.6. The molecule has 0 radical (unpaired) electrons. The average Bonchev–Trinajstić information content (AvgIpc) is 2.93. The Labute approximate surface area is 188 Å². The van der Waals surface area contributed by atoms with Crippen molar-refractivity contribution in [2.24, 2.45) is 0 Å². The molecule has 0 aromatic rings. The number of rotatable bonds is 8. The zero-order chi connectivity index (χ0) is 22.6. The number of hydrogen-bond acceptors (Lipinski definition) is 5. The Morgan fingerprint density at radius 2 is 1.87 bits per heavy atom. The molecule has 3 rings (SSSR count). The summed E-state index contributed by atoms with van der Waals surface area (Å²) in [7, 11) is 0. The zero-order valence-electron chi connectivity index (χ0n) is 20.5. The van der Waals surface area contributed by atoms with Gasteiger partial charge >= 0.3 is 0 Å². The fourth-order valence-electron chi connectivity index (χ4n) is 5.52. The third-order valence-corrected chi connectivity index (χ3v) is 7.71. The lowest BCUT2D eigenvalue weighted by atomic mass is 9.94. The maximum Gasteiger partial charge on any atom is 0.261 e. The van der Waals surface area contributed by atoms with E-state index in [0.717, 1.165) is 52.2 Å². The molecule has 7 heteroatoms. The highest BCUT2D eigenvalue weighted by molar-refractivity contribution is 4.94. The van der Waals surface area contributed by atoms with Gasteiger partial charge in [-0.1, -0.05) is 0 Å². The molecule has 0 aliphatic carbocycles. The molecule has 0 saturated carbocycles. The minimum absolute atomic E-state index is 0.0193. The first kappa shape index (κ1) is 25.3. The van der Waals surface area contributed by atoms with E-state index < -0.39 is 5.92 Å². The summed E-state index contributed by atoms with van der Waals surface area (Å²) in [5.41, 5.74) is -0.268. The van der Waals surface area contributed by atoms with Crippen molar-refractivity contribution in [2.75, 3.05) is 52.4 Å². The summed E-state index contributed by atoms with van der Waals surface area (Å²) >= 11 is 0. The molecule has 3 saturated heterocycles. The van der Waals surface area contributed by atoms with Crippen molar-refractivity contribution < 1.29 is 13.5 Å². The molecule has 0 amide bonds. The lowest BCUT2D eigenvalue weighted by molar-refractivity contribution is -0.0223. The van der Waals surface area contributed by atoms with E-state index in [1.165, 1.54) is 12.8 Å². The Hall–Kier alpha value is -0.340. The van der Waals surface area contributed by atoms with Gasteiger partial charge in [-0.25, -0.2) is 8.78 Å². The molecule has 182 valence electrons. The number of alkyl halides is 2. The van der Waals surface area contributed by atoms with Crippen molar-refractivity contribution in [3.63, 3.8) is 0 Å². The molecular formula is C24H46F2N4O. The second-order valence-corrected chi connectivity index (χ2v) is 11.1. The number of halogens is 2. The molecule has 0 aromatic carbocycles. The van der Waals surface area contributed by atoms with Crippen molar-refractivity contribution in [1.29, 1.82) is 0 Å². The zero-order valence-corrected chi connectivity index (χ0v) is 20.5. The minimum Gasteiger partial charge on any atom is -0.377 e. The van der Waals surface area contributed by atoms with Crippen molar-refractivity contribution >= 4 is 0 Å². The summed E-state index contributed by atoms with van der Waals surface area (Å²) in [4.78, 5) is 7.12. The van der Waals surface area contributed by atoms with Crippen LogP contribution in [0.15, 0.2) is 0 Å². The van der Waals surface area contributed by atoms with Gasteiger partial charge in [0, 0.05) is 76.0 Å². The van der Waals surface area contributed by atoms with E-state index in [4.69, 9.17) is 4.74 Å². The van der Waals surface area contributed by atoms with Gasteiger partial charge in [0.2, 0.25) is 0 Å². The Kier molecular flexibility index (Phi) is 8.75. The monoisotopic (exact) mass is 444 g/mol. The van der Waals surface area contributed by atoms with Crippen molar-refractivity contribution in [3.8, 4) is 0 Å². The van der Waals surface area contributed by atoms with Crippen LogP contribution < -0.4 is 5.32 Å². The molecule has 3 atom stereocenters. The lowest BCUT2D eigenvalue weighted by Gasteiger charge is -2.39. The van der Waals surface area contributed by atoms with Gasteiger partial charge in [0.15, 0.2) is 0 Å². The molecule has 5 nitrogen and oxygen atoms in total. The van der Waals surface area contributed by atoms with E-state index in [1.54, 1.807) is 0 Å². The summed E-state index contributed by atoms with van der Waals surface area (Å²) < 4.78 is 33.7. The van der Waals surface area contributed by atoms with Crippen LogP contribution in [0.2, 0.25) is 0 Å². The molecule has 3 unspecified atom stereocenters. The highest BCUT2D eigenvalue weighted by Crippen LogP contribution is 2.34. The van der Waals surface area contributed by atoms with E-state index in [-0.39, 0.29) is 24.6 Å². The number of piperazine rings is 1. The topological polar surface area (TPSA) is 31.0 Å². The SMILES string of the molecule is CC(C)N1CCNC(CCC(C)N2CCCOC(CC(C)(C)N3CCC(F)(F)C3)C2)C1.